The van der Waals surface area contributed by atoms with Gasteiger partial charge in [0, 0.05) is 0 Å². The zero-order chi connectivity index (χ0) is 5.33. The molecular weight excluding hydrogens is 116 g/mol. The number of hydrogen-bond acceptors (Lipinski definition) is 3. The van der Waals surface area contributed by atoms with Gasteiger partial charge in [-0.15, -0.1) is 4.40 Å². The van der Waals surface area contributed by atoms with Crippen LogP contribution in [0.1, 0.15) is 0 Å². The van der Waals surface area contributed by atoms with E-state index in [2.05, 4.69) is 9.39 Å². The van der Waals surface area contributed by atoms with Gasteiger partial charge >= 0.3 is 0 Å². The van der Waals surface area contributed by atoms with Crippen LogP contribution in [0.3, 0.4) is 0 Å². The van der Waals surface area contributed by atoms with E-state index in [0.717, 1.165) is 11.9 Å². The molecular formula is C2H2N2O2S. The lowest BCUT2D eigenvalue weighted by atomic mass is 11.3. The van der Waals surface area contributed by atoms with Crippen molar-refractivity contribution in [1.82, 2.24) is 0 Å². The molecule has 7 heavy (non-hydrogen) atoms. The van der Waals surface area contributed by atoms with Gasteiger partial charge < -0.3 is 0 Å². The van der Waals surface area contributed by atoms with Gasteiger partial charge in [-0.2, -0.15) is 8.42 Å². The molecule has 0 aromatic carbocycles. The third-order valence-electron chi connectivity index (χ3n) is 0.455. The minimum absolute atomic E-state index is 0.799. The van der Waals surface area contributed by atoms with Gasteiger partial charge in [0.15, 0.2) is 0 Å². The maximum absolute atomic E-state index is 10.1. The highest BCUT2D eigenvalue weighted by Crippen LogP contribution is 1.90. The van der Waals surface area contributed by atoms with Crippen LogP contribution in [0.5, 0.6) is 0 Å². The third kappa shape index (κ3) is 0.833. The van der Waals surface area contributed by atoms with Crippen molar-refractivity contribution in [3.8, 4) is 0 Å². The maximum Gasteiger partial charge on any atom is 0.294 e. The molecule has 0 aromatic rings. The Morgan fingerprint density at radius 3 is 2.29 bits per heavy atom. The van der Waals surface area contributed by atoms with Crippen LogP contribution in [0.4, 0.5) is 0 Å². The highest BCUT2D eigenvalue weighted by atomic mass is 32.2. The first-order valence-corrected chi connectivity index (χ1v) is 3.03. The highest BCUT2D eigenvalue weighted by Gasteiger charge is 2.03. The molecule has 0 N–H and O–H groups in total. The smallest absolute Gasteiger partial charge is 0.230 e. The summed E-state index contributed by atoms with van der Waals surface area (Å²) in [5.41, 5.74) is 0.799. The predicted octanol–water partition coefficient (Wildman–Crippen LogP) is -0.614. The Kier molecular flexibility index (Phi) is 0.717. The SMILES string of the molecule is O=S1(=O)C=NC=N1. The molecule has 0 aliphatic carbocycles. The van der Waals surface area contributed by atoms with Gasteiger partial charge in [-0.25, -0.2) is 4.99 Å². The Hall–Kier alpha value is -0.710. The standard InChI is InChI=1S/C2H2N2O2S/c5-7(6)2-3-1-4-7/h1-2H. The normalized spacial score (nSPS) is 23.4. The molecule has 0 aromatic heterocycles. The summed E-state index contributed by atoms with van der Waals surface area (Å²) in [6.45, 7) is 0. The van der Waals surface area contributed by atoms with Gasteiger partial charge in [0.2, 0.25) is 0 Å². The number of nitrogens with zero attached hydrogens (tertiary/aromatic N) is 2. The molecule has 0 unspecified atom stereocenters. The lowest BCUT2D eigenvalue weighted by molar-refractivity contribution is 0.610. The average Bonchev–Trinajstić information content (AvgIpc) is 1.84. The number of rotatable bonds is 0. The lowest BCUT2D eigenvalue weighted by Crippen LogP contribution is -1.88. The Morgan fingerprint density at radius 1 is 1.43 bits per heavy atom. The second kappa shape index (κ2) is 1.13. The Bertz CT molecular complexity index is 194. The van der Waals surface area contributed by atoms with Crippen LogP contribution >= 0.6 is 0 Å². The van der Waals surface area contributed by atoms with Gasteiger partial charge in [0.1, 0.15) is 11.9 Å². The fourth-order valence-corrected chi connectivity index (χ4v) is 0.673. The lowest BCUT2D eigenvalue weighted by Gasteiger charge is -1.70. The van der Waals surface area contributed by atoms with E-state index < -0.39 is 10.0 Å². The van der Waals surface area contributed by atoms with Crippen molar-refractivity contribution >= 4 is 21.9 Å². The van der Waals surface area contributed by atoms with Crippen molar-refractivity contribution in [2.24, 2.45) is 9.39 Å². The van der Waals surface area contributed by atoms with E-state index in [1.807, 2.05) is 0 Å². The topological polar surface area (TPSA) is 58.9 Å². The largest absolute Gasteiger partial charge is 0.294 e. The van der Waals surface area contributed by atoms with Crippen LogP contribution in [-0.4, -0.2) is 20.3 Å². The fraction of sp³-hybridized carbons (Fsp3) is 0. The van der Waals surface area contributed by atoms with Crippen molar-refractivity contribution < 1.29 is 8.42 Å². The van der Waals surface area contributed by atoms with Gasteiger partial charge in [0.05, 0.1) is 0 Å². The van der Waals surface area contributed by atoms with Gasteiger partial charge in [-0.3, -0.25) is 0 Å². The molecule has 0 saturated heterocycles. The summed E-state index contributed by atoms with van der Waals surface area (Å²) in [6.07, 6.45) is 0.995. The van der Waals surface area contributed by atoms with Crippen LogP contribution in [0.2, 0.25) is 0 Å². The fourth-order valence-electron chi connectivity index (χ4n) is 0.224. The minimum atomic E-state index is -3.27. The molecule has 5 heteroatoms. The first-order valence-electron chi connectivity index (χ1n) is 1.53. The molecule has 4 nitrogen and oxygen atoms in total. The van der Waals surface area contributed by atoms with Crippen molar-refractivity contribution in [2.45, 2.75) is 0 Å². The first-order chi connectivity index (χ1) is 3.21. The number of sulfonamides is 1. The number of hydrogen-bond donors (Lipinski definition) is 0. The predicted molar refractivity (Wildman–Crippen MR) is 25.9 cm³/mol. The van der Waals surface area contributed by atoms with E-state index in [1.165, 1.54) is 0 Å². The first kappa shape index (κ1) is 4.45. The molecule has 1 aliphatic rings. The van der Waals surface area contributed by atoms with Crippen LogP contribution in [0.15, 0.2) is 9.39 Å². The van der Waals surface area contributed by atoms with Crippen molar-refractivity contribution in [3.63, 3.8) is 0 Å². The molecule has 0 spiro atoms. The van der Waals surface area contributed by atoms with Crippen molar-refractivity contribution in [2.75, 3.05) is 0 Å². The van der Waals surface area contributed by atoms with Gasteiger partial charge in [0.25, 0.3) is 10.0 Å². The summed E-state index contributed by atoms with van der Waals surface area (Å²) in [7, 11) is -3.27. The summed E-state index contributed by atoms with van der Waals surface area (Å²) in [6, 6.07) is 0. The molecule has 0 bridgehead atoms. The minimum Gasteiger partial charge on any atom is -0.230 e. The molecule has 0 saturated carbocycles. The van der Waals surface area contributed by atoms with Crippen LogP contribution < -0.4 is 0 Å². The van der Waals surface area contributed by atoms with Crippen molar-refractivity contribution in [1.29, 1.82) is 0 Å². The molecule has 1 heterocycles. The second-order valence-corrected chi connectivity index (χ2v) is 2.44. The van der Waals surface area contributed by atoms with Gasteiger partial charge in [-0.05, 0) is 0 Å². The molecule has 0 radical (unpaired) electrons. The van der Waals surface area contributed by atoms with E-state index in [9.17, 15) is 8.42 Å². The summed E-state index contributed by atoms with van der Waals surface area (Å²) in [4.78, 5) is 3.23. The molecule has 38 valence electrons. The second-order valence-electron chi connectivity index (χ2n) is 0.990. The van der Waals surface area contributed by atoms with E-state index in [1.54, 1.807) is 0 Å². The number of aliphatic imine (C=N–C) groups is 1. The molecule has 1 aliphatic heterocycles. The maximum atomic E-state index is 10.1. The zero-order valence-electron chi connectivity index (χ0n) is 3.27. The third-order valence-corrected chi connectivity index (χ3v) is 1.23. The molecule has 0 fully saturated rings. The van der Waals surface area contributed by atoms with E-state index in [4.69, 9.17) is 0 Å². The van der Waals surface area contributed by atoms with E-state index >= 15 is 0 Å². The quantitative estimate of drug-likeness (QED) is 0.426. The summed E-state index contributed by atoms with van der Waals surface area (Å²) < 4.78 is 23.2. The zero-order valence-corrected chi connectivity index (χ0v) is 4.09. The molecule has 0 atom stereocenters. The van der Waals surface area contributed by atoms with Crippen molar-refractivity contribution in [3.05, 3.63) is 0 Å². The van der Waals surface area contributed by atoms with Crippen LogP contribution in [-0.2, 0) is 10.0 Å². The average molecular weight is 118 g/mol. The van der Waals surface area contributed by atoms with Gasteiger partial charge in [-0.1, -0.05) is 0 Å². The van der Waals surface area contributed by atoms with E-state index in [-0.39, 0.29) is 0 Å². The molecule has 1 rings (SSSR count). The summed E-state index contributed by atoms with van der Waals surface area (Å²) in [5.74, 6) is 0. The molecule has 0 amide bonds. The monoisotopic (exact) mass is 118 g/mol. The van der Waals surface area contributed by atoms with E-state index in [0.29, 0.717) is 0 Å². The Balaban J connectivity index is 3.25. The van der Waals surface area contributed by atoms with Crippen LogP contribution in [0.25, 0.3) is 0 Å². The summed E-state index contributed by atoms with van der Waals surface area (Å²) >= 11 is 0. The Morgan fingerprint density at radius 2 is 2.14 bits per heavy atom. The Labute approximate surface area is 40.6 Å². The highest BCUT2D eigenvalue weighted by molar-refractivity contribution is 8.03. The summed E-state index contributed by atoms with van der Waals surface area (Å²) in [5, 5.41) is 0. The van der Waals surface area contributed by atoms with Crippen LogP contribution in [0, 0.1) is 0 Å².